The molecule has 0 aliphatic carbocycles. The summed E-state index contributed by atoms with van der Waals surface area (Å²) in [6.07, 6.45) is 5.14. The smallest absolute Gasteiger partial charge is 0.302 e. The molecule has 0 saturated carbocycles. The molecule has 3 nitrogen and oxygen atoms in total. The van der Waals surface area contributed by atoms with E-state index in [1.54, 1.807) is 0 Å². The Morgan fingerprint density at radius 1 is 1.75 bits per heavy atom. The molecular formula is C9H14NO2+. The maximum absolute atomic E-state index is 10.5. The average molecular weight is 168 g/mol. The lowest BCUT2D eigenvalue weighted by Gasteiger charge is -2.06. The molecule has 0 aromatic rings. The predicted octanol–water partition coefficient (Wildman–Crippen LogP) is 0.593. The monoisotopic (exact) mass is 168 g/mol. The Balaban J connectivity index is 2.42. The lowest BCUT2D eigenvalue weighted by Crippen LogP contribution is -2.17. The molecule has 3 heteroatoms. The van der Waals surface area contributed by atoms with Crippen LogP contribution < -0.4 is 0 Å². The summed E-state index contributed by atoms with van der Waals surface area (Å²) in [4.78, 5) is 10.5. The summed E-state index contributed by atoms with van der Waals surface area (Å²) in [7, 11) is 2.01. The number of rotatable bonds is 2. The highest BCUT2D eigenvalue weighted by atomic mass is 16.5. The third kappa shape index (κ3) is 2.86. The van der Waals surface area contributed by atoms with Crippen molar-refractivity contribution in [3.63, 3.8) is 0 Å². The molecule has 1 rings (SSSR count). The zero-order valence-electron chi connectivity index (χ0n) is 7.54. The largest absolute Gasteiger partial charge is 0.461 e. The second-order valence-electron chi connectivity index (χ2n) is 2.96. The molecule has 66 valence electrons. The Morgan fingerprint density at radius 3 is 3.08 bits per heavy atom. The van der Waals surface area contributed by atoms with Gasteiger partial charge in [0.1, 0.15) is 20.2 Å². The molecule has 0 fully saturated rings. The molecule has 0 saturated heterocycles. The normalized spacial score (nSPS) is 16.5. The van der Waals surface area contributed by atoms with Gasteiger partial charge in [0, 0.05) is 18.9 Å². The minimum atomic E-state index is -0.225. The summed E-state index contributed by atoms with van der Waals surface area (Å²) in [6.45, 7) is 2.87. The first-order chi connectivity index (χ1) is 5.68. The van der Waals surface area contributed by atoms with Crippen LogP contribution >= 0.6 is 0 Å². The second-order valence-corrected chi connectivity index (χ2v) is 2.96. The number of carbonyl (C=O) groups is 1. The SMILES string of the molecule is CC(=O)OCC1=CCC[N+](C)=C1. The Morgan fingerprint density at radius 2 is 2.50 bits per heavy atom. The highest BCUT2D eigenvalue weighted by Crippen LogP contribution is 2.00. The van der Waals surface area contributed by atoms with Gasteiger partial charge in [-0.15, -0.1) is 0 Å². The van der Waals surface area contributed by atoms with Crippen LogP contribution in [0.1, 0.15) is 13.3 Å². The van der Waals surface area contributed by atoms with Crippen LogP contribution in [0.15, 0.2) is 11.6 Å². The summed E-state index contributed by atoms with van der Waals surface area (Å²) in [6, 6.07) is 0. The molecule has 1 aliphatic rings. The van der Waals surface area contributed by atoms with Gasteiger partial charge in [0.05, 0.1) is 0 Å². The van der Waals surface area contributed by atoms with Crippen LogP contribution in [0.4, 0.5) is 0 Å². The van der Waals surface area contributed by atoms with E-state index in [2.05, 4.69) is 10.7 Å². The van der Waals surface area contributed by atoms with Gasteiger partial charge in [-0.3, -0.25) is 4.79 Å². The molecule has 1 heterocycles. The van der Waals surface area contributed by atoms with Gasteiger partial charge < -0.3 is 4.74 Å². The zero-order valence-corrected chi connectivity index (χ0v) is 7.54. The fourth-order valence-electron chi connectivity index (χ4n) is 1.14. The summed E-state index contributed by atoms with van der Waals surface area (Å²) in [5.41, 5.74) is 1.08. The van der Waals surface area contributed by atoms with Crippen LogP contribution in [0.3, 0.4) is 0 Å². The van der Waals surface area contributed by atoms with Crippen molar-refractivity contribution in [2.75, 3.05) is 20.2 Å². The second kappa shape index (κ2) is 4.04. The van der Waals surface area contributed by atoms with Crippen LogP contribution in [0.5, 0.6) is 0 Å². The molecule has 0 bridgehead atoms. The maximum atomic E-state index is 10.5. The number of hydrogen-bond donors (Lipinski definition) is 0. The van der Waals surface area contributed by atoms with Crippen LogP contribution in [0.2, 0.25) is 0 Å². The minimum absolute atomic E-state index is 0.225. The van der Waals surface area contributed by atoms with Gasteiger partial charge in [0.25, 0.3) is 0 Å². The molecule has 0 aromatic carbocycles. The van der Waals surface area contributed by atoms with E-state index in [-0.39, 0.29) is 5.97 Å². The van der Waals surface area contributed by atoms with Crippen molar-refractivity contribution < 1.29 is 14.1 Å². The van der Waals surface area contributed by atoms with E-state index in [4.69, 9.17) is 4.74 Å². The highest BCUT2D eigenvalue weighted by molar-refractivity contribution is 5.76. The van der Waals surface area contributed by atoms with E-state index in [9.17, 15) is 4.79 Å². The summed E-state index contributed by atoms with van der Waals surface area (Å²) >= 11 is 0. The van der Waals surface area contributed by atoms with Crippen LogP contribution in [0, 0.1) is 0 Å². The van der Waals surface area contributed by atoms with Crippen LogP contribution in [-0.2, 0) is 9.53 Å². The van der Waals surface area contributed by atoms with Gasteiger partial charge in [-0.1, -0.05) is 6.08 Å². The zero-order chi connectivity index (χ0) is 8.97. The Bertz CT molecular complexity index is 241. The molecule has 0 N–H and O–H groups in total. The molecular weight excluding hydrogens is 154 g/mol. The van der Waals surface area contributed by atoms with E-state index < -0.39 is 0 Å². The first-order valence-corrected chi connectivity index (χ1v) is 4.06. The van der Waals surface area contributed by atoms with Crippen LogP contribution in [0.25, 0.3) is 0 Å². The fraction of sp³-hybridized carbons (Fsp3) is 0.556. The molecule has 0 unspecified atom stereocenters. The first-order valence-electron chi connectivity index (χ1n) is 4.06. The molecule has 0 spiro atoms. The summed E-state index contributed by atoms with van der Waals surface area (Å²) in [5.74, 6) is -0.225. The molecule has 1 aliphatic heterocycles. The standard InChI is InChI=1S/C9H14NO2/c1-8(11)12-7-9-4-3-5-10(2)6-9/h4,6H,3,5,7H2,1-2H3/q+1. The van der Waals surface area contributed by atoms with Crippen molar-refractivity contribution in [1.82, 2.24) is 0 Å². The van der Waals surface area contributed by atoms with E-state index >= 15 is 0 Å². The highest BCUT2D eigenvalue weighted by Gasteiger charge is 2.07. The van der Waals surface area contributed by atoms with Crippen molar-refractivity contribution in [3.8, 4) is 0 Å². The number of hydrogen-bond acceptors (Lipinski definition) is 2. The predicted molar refractivity (Wildman–Crippen MR) is 46.4 cm³/mol. The van der Waals surface area contributed by atoms with Crippen LogP contribution in [-0.4, -0.2) is 37.0 Å². The lowest BCUT2D eigenvalue weighted by molar-refractivity contribution is -0.492. The molecule has 0 aromatic heterocycles. The number of ether oxygens (including phenoxy) is 1. The summed E-state index contributed by atoms with van der Waals surface area (Å²) < 4.78 is 6.96. The number of nitrogens with zero attached hydrogens (tertiary/aromatic N) is 1. The lowest BCUT2D eigenvalue weighted by atomic mass is 10.2. The number of carbonyl (C=O) groups excluding carboxylic acids is 1. The minimum Gasteiger partial charge on any atom is -0.461 e. The Labute approximate surface area is 72.3 Å². The third-order valence-corrected chi connectivity index (χ3v) is 1.72. The van der Waals surface area contributed by atoms with Gasteiger partial charge in [0.2, 0.25) is 0 Å². The van der Waals surface area contributed by atoms with Gasteiger partial charge in [-0.25, -0.2) is 4.58 Å². The fourth-order valence-corrected chi connectivity index (χ4v) is 1.14. The van der Waals surface area contributed by atoms with E-state index in [1.165, 1.54) is 6.92 Å². The van der Waals surface area contributed by atoms with Gasteiger partial charge in [-0.05, 0) is 0 Å². The third-order valence-electron chi connectivity index (χ3n) is 1.72. The molecule has 0 radical (unpaired) electrons. The quantitative estimate of drug-likeness (QED) is 0.446. The van der Waals surface area contributed by atoms with E-state index in [1.807, 2.05) is 13.3 Å². The molecule has 0 atom stereocenters. The van der Waals surface area contributed by atoms with Gasteiger partial charge in [-0.2, -0.15) is 0 Å². The van der Waals surface area contributed by atoms with E-state index in [0.717, 1.165) is 18.5 Å². The van der Waals surface area contributed by atoms with Crippen molar-refractivity contribution in [3.05, 3.63) is 11.6 Å². The van der Waals surface area contributed by atoms with Crippen molar-refractivity contribution in [1.29, 1.82) is 0 Å². The van der Waals surface area contributed by atoms with E-state index in [0.29, 0.717) is 6.61 Å². The van der Waals surface area contributed by atoms with Crippen molar-refractivity contribution in [2.24, 2.45) is 0 Å². The van der Waals surface area contributed by atoms with Crippen molar-refractivity contribution in [2.45, 2.75) is 13.3 Å². The summed E-state index contributed by atoms with van der Waals surface area (Å²) in [5, 5.41) is 0. The number of esters is 1. The Hall–Kier alpha value is -1.12. The van der Waals surface area contributed by atoms with Gasteiger partial charge >= 0.3 is 5.97 Å². The molecule has 0 amide bonds. The van der Waals surface area contributed by atoms with Crippen molar-refractivity contribution >= 4 is 12.2 Å². The topological polar surface area (TPSA) is 29.3 Å². The average Bonchev–Trinajstić information content (AvgIpc) is 2.01. The Kier molecular flexibility index (Phi) is 3.02. The molecule has 12 heavy (non-hydrogen) atoms. The first kappa shape index (κ1) is 8.97. The maximum Gasteiger partial charge on any atom is 0.302 e. The van der Waals surface area contributed by atoms with Gasteiger partial charge in [0.15, 0.2) is 6.21 Å².